The number of amides is 1. The maximum Gasteiger partial charge on any atom is 0.309 e. The standard InChI is InChI=1S/C21H32N4O3.HI/c1-3-22-21(25-14-11-18(12-15-25)20(27)28-4-2)24-16-19(26)23-13-10-17-8-6-5-7-9-17;/h5-9,18H,3-4,10-16H2,1-2H3,(H,22,24)(H,23,26);1H. The van der Waals surface area contributed by atoms with Gasteiger partial charge in [0.25, 0.3) is 0 Å². The number of hydrogen-bond donors (Lipinski definition) is 2. The fourth-order valence-corrected chi connectivity index (χ4v) is 3.21. The predicted octanol–water partition coefficient (Wildman–Crippen LogP) is 2.20. The molecule has 2 rings (SSSR count). The largest absolute Gasteiger partial charge is 0.466 e. The molecular weight excluding hydrogens is 483 g/mol. The summed E-state index contributed by atoms with van der Waals surface area (Å²) >= 11 is 0. The number of piperidine rings is 1. The van der Waals surface area contributed by atoms with Crippen LogP contribution in [0.3, 0.4) is 0 Å². The first-order valence-electron chi connectivity index (χ1n) is 10.1. The summed E-state index contributed by atoms with van der Waals surface area (Å²) in [5, 5.41) is 6.15. The van der Waals surface area contributed by atoms with E-state index in [0.29, 0.717) is 13.2 Å². The number of halogens is 1. The molecule has 1 heterocycles. The topological polar surface area (TPSA) is 83.0 Å². The monoisotopic (exact) mass is 516 g/mol. The minimum atomic E-state index is -0.109. The van der Waals surface area contributed by atoms with Crippen molar-refractivity contribution in [2.24, 2.45) is 10.9 Å². The molecule has 0 saturated carbocycles. The third-order valence-electron chi connectivity index (χ3n) is 4.70. The maximum atomic E-state index is 12.1. The Kier molecular flexibility index (Phi) is 12.3. The van der Waals surface area contributed by atoms with Crippen molar-refractivity contribution in [3.05, 3.63) is 35.9 Å². The fraction of sp³-hybridized carbons (Fsp3) is 0.571. The molecule has 0 radical (unpaired) electrons. The van der Waals surface area contributed by atoms with Gasteiger partial charge in [-0.15, -0.1) is 24.0 Å². The molecule has 162 valence electrons. The van der Waals surface area contributed by atoms with Gasteiger partial charge in [-0.3, -0.25) is 9.59 Å². The first-order chi connectivity index (χ1) is 13.6. The highest BCUT2D eigenvalue weighted by Crippen LogP contribution is 2.18. The molecular formula is C21H33IN4O3. The van der Waals surface area contributed by atoms with E-state index in [0.717, 1.165) is 44.9 Å². The Morgan fingerprint density at radius 2 is 1.83 bits per heavy atom. The van der Waals surface area contributed by atoms with Crippen molar-refractivity contribution < 1.29 is 14.3 Å². The molecule has 2 N–H and O–H groups in total. The second-order valence-corrected chi connectivity index (χ2v) is 6.77. The zero-order valence-electron chi connectivity index (χ0n) is 17.4. The highest BCUT2D eigenvalue weighted by atomic mass is 127. The second-order valence-electron chi connectivity index (χ2n) is 6.77. The van der Waals surface area contributed by atoms with Crippen molar-refractivity contribution in [1.29, 1.82) is 0 Å². The van der Waals surface area contributed by atoms with Crippen molar-refractivity contribution in [3.8, 4) is 0 Å². The first-order valence-corrected chi connectivity index (χ1v) is 10.1. The number of carbonyl (C=O) groups is 2. The van der Waals surface area contributed by atoms with Crippen LogP contribution in [0.4, 0.5) is 0 Å². The highest BCUT2D eigenvalue weighted by molar-refractivity contribution is 14.0. The van der Waals surface area contributed by atoms with E-state index in [4.69, 9.17) is 4.74 Å². The van der Waals surface area contributed by atoms with Crippen LogP contribution in [0, 0.1) is 5.92 Å². The molecule has 0 bridgehead atoms. The van der Waals surface area contributed by atoms with Crippen LogP contribution in [-0.4, -0.2) is 62.1 Å². The van der Waals surface area contributed by atoms with Crippen molar-refractivity contribution in [2.45, 2.75) is 33.1 Å². The number of ether oxygens (including phenoxy) is 1. The summed E-state index contributed by atoms with van der Waals surface area (Å²) in [5.74, 6) is 0.484. The Labute approximate surface area is 190 Å². The molecule has 0 aliphatic carbocycles. The summed E-state index contributed by atoms with van der Waals surface area (Å²) in [4.78, 5) is 30.6. The minimum Gasteiger partial charge on any atom is -0.466 e. The van der Waals surface area contributed by atoms with Crippen molar-refractivity contribution in [3.63, 3.8) is 0 Å². The van der Waals surface area contributed by atoms with E-state index in [1.54, 1.807) is 0 Å². The van der Waals surface area contributed by atoms with Gasteiger partial charge in [0.1, 0.15) is 6.54 Å². The molecule has 1 aromatic carbocycles. The van der Waals surface area contributed by atoms with Gasteiger partial charge in [-0.1, -0.05) is 30.3 Å². The van der Waals surface area contributed by atoms with E-state index in [1.807, 2.05) is 44.2 Å². The van der Waals surface area contributed by atoms with Gasteiger partial charge in [0, 0.05) is 26.2 Å². The number of hydrogen-bond acceptors (Lipinski definition) is 4. The van der Waals surface area contributed by atoms with Crippen LogP contribution in [0.1, 0.15) is 32.3 Å². The van der Waals surface area contributed by atoms with E-state index in [1.165, 1.54) is 5.56 Å². The highest BCUT2D eigenvalue weighted by Gasteiger charge is 2.27. The number of likely N-dealkylation sites (tertiary alicyclic amines) is 1. The Bertz CT molecular complexity index is 647. The number of nitrogens with one attached hydrogen (secondary N) is 2. The number of guanidine groups is 1. The molecule has 0 atom stereocenters. The molecule has 0 unspecified atom stereocenters. The van der Waals surface area contributed by atoms with Gasteiger partial charge < -0.3 is 20.3 Å². The average Bonchev–Trinajstić information content (AvgIpc) is 2.72. The molecule has 0 aromatic heterocycles. The number of carbonyl (C=O) groups excluding carboxylic acids is 2. The fourth-order valence-electron chi connectivity index (χ4n) is 3.21. The Morgan fingerprint density at radius 3 is 2.45 bits per heavy atom. The molecule has 1 amide bonds. The van der Waals surface area contributed by atoms with Crippen LogP contribution in [-0.2, 0) is 20.7 Å². The lowest BCUT2D eigenvalue weighted by molar-refractivity contribution is -0.149. The van der Waals surface area contributed by atoms with Crippen LogP contribution in [0.5, 0.6) is 0 Å². The smallest absolute Gasteiger partial charge is 0.309 e. The lowest BCUT2D eigenvalue weighted by atomic mass is 9.97. The van der Waals surface area contributed by atoms with E-state index in [-0.39, 0.29) is 48.3 Å². The Hall–Kier alpha value is -1.84. The average molecular weight is 516 g/mol. The molecule has 1 aromatic rings. The van der Waals surface area contributed by atoms with E-state index >= 15 is 0 Å². The summed E-state index contributed by atoms with van der Waals surface area (Å²) in [6, 6.07) is 10.1. The van der Waals surface area contributed by atoms with Gasteiger partial charge in [0.05, 0.1) is 12.5 Å². The zero-order chi connectivity index (χ0) is 20.2. The number of rotatable bonds is 8. The van der Waals surface area contributed by atoms with E-state index in [2.05, 4.69) is 20.5 Å². The Morgan fingerprint density at radius 1 is 1.14 bits per heavy atom. The summed E-state index contributed by atoms with van der Waals surface area (Å²) in [6.45, 7) is 7.12. The summed E-state index contributed by atoms with van der Waals surface area (Å²) < 4.78 is 5.12. The lowest BCUT2D eigenvalue weighted by Crippen LogP contribution is -2.47. The minimum absolute atomic E-state index is 0. The molecule has 8 heteroatoms. The molecule has 29 heavy (non-hydrogen) atoms. The quantitative estimate of drug-likeness (QED) is 0.240. The Balaban J connectivity index is 0.00000420. The van der Waals surface area contributed by atoms with Gasteiger partial charge in [0.15, 0.2) is 5.96 Å². The number of esters is 1. The molecule has 1 fully saturated rings. The molecule has 1 aliphatic rings. The maximum absolute atomic E-state index is 12.1. The van der Waals surface area contributed by atoms with Gasteiger partial charge in [-0.05, 0) is 38.7 Å². The predicted molar refractivity (Wildman–Crippen MR) is 125 cm³/mol. The lowest BCUT2D eigenvalue weighted by Gasteiger charge is -2.33. The number of nitrogens with zero attached hydrogens (tertiary/aromatic N) is 2. The van der Waals surface area contributed by atoms with E-state index < -0.39 is 0 Å². The van der Waals surface area contributed by atoms with Gasteiger partial charge in [-0.25, -0.2) is 4.99 Å². The van der Waals surface area contributed by atoms with Crippen LogP contribution in [0.25, 0.3) is 0 Å². The van der Waals surface area contributed by atoms with Crippen LogP contribution in [0.2, 0.25) is 0 Å². The van der Waals surface area contributed by atoms with Crippen molar-refractivity contribution >= 4 is 41.8 Å². The van der Waals surface area contributed by atoms with E-state index in [9.17, 15) is 9.59 Å². The van der Waals surface area contributed by atoms with Gasteiger partial charge in [0.2, 0.25) is 5.91 Å². The van der Waals surface area contributed by atoms with Crippen LogP contribution in [0.15, 0.2) is 35.3 Å². The van der Waals surface area contributed by atoms with Crippen molar-refractivity contribution in [2.75, 3.05) is 39.3 Å². The first kappa shape index (κ1) is 25.2. The summed E-state index contributed by atoms with van der Waals surface area (Å²) in [6.07, 6.45) is 2.29. The van der Waals surface area contributed by atoms with Crippen molar-refractivity contribution in [1.82, 2.24) is 15.5 Å². The number of aliphatic imine (C=N–C) groups is 1. The zero-order valence-corrected chi connectivity index (χ0v) is 19.7. The second kappa shape index (κ2) is 14.2. The third kappa shape index (κ3) is 9.01. The molecule has 1 saturated heterocycles. The van der Waals surface area contributed by atoms with Crippen LogP contribution < -0.4 is 10.6 Å². The molecule has 1 aliphatic heterocycles. The molecule has 0 spiro atoms. The number of benzene rings is 1. The summed E-state index contributed by atoms with van der Waals surface area (Å²) in [7, 11) is 0. The van der Waals surface area contributed by atoms with Gasteiger partial charge in [-0.2, -0.15) is 0 Å². The van der Waals surface area contributed by atoms with Gasteiger partial charge >= 0.3 is 5.97 Å². The van der Waals surface area contributed by atoms with Crippen LogP contribution >= 0.6 is 24.0 Å². The third-order valence-corrected chi connectivity index (χ3v) is 4.70. The normalized spacial score (nSPS) is 14.7. The summed E-state index contributed by atoms with van der Waals surface area (Å²) in [5.41, 5.74) is 1.20. The SMILES string of the molecule is CCNC(=NCC(=O)NCCc1ccccc1)N1CCC(C(=O)OCC)CC1.I. The molecule has 7 nitrogen and oxygen atoms in total.